The number of aliphatic hydroxyl groups excluding tert-OH is 1. The average molecular weight is 259 g/mol. The molecule has 0 aliphatic carbocycles. The first-order chi connectivity index (χ1) is 7.96. The Morgan fingerprint density at radius 2 is 2.00 bits per heavy atom. The van der Waals surface area contributed by atoms with Gasteiger partial charge in [-0.05, 0) is 12.1 Å². The van der Waals surface area contributed by atoms with E-state index in [-0.39, 0.29) is 23.7 Å². The van der Waals surface area contributed by atoms with Crippen molar-refractivity contribution in [2.45, 2.75) is 11.3 Å². The summed E-state index contributed by atoms with van der Waals surface area (Å²) in [6.45, 7) is -0.0849. The highest BCUT2D eigenvalue weighted by atomic mass is 32.2. The van der Waals surface area contributed by atoms with Gasteiger partial charge in [-0.25, -0.2) is 18.4 Å². The fourth-order valence-corrected chi connectivity index (χ4v) is 1.92. The van der Waals surface area contributed by atoms with E-state index in [9.17, 15) is 13.2 Å². The highest BCUT2D eigenvalue weighted by Gasteiger charge is 2.19. The topological polar surface area (TPSA) is 107 Å². The summed E-state index contributed by atoms with van der Waals surface area (Å²) in [7, 11) is -3.96. The summed E-state index contributed by atoms with van der Waals surface area (Å²) in [4.78, 5) is 11.3. The highest BCUT2D eigenvalue weighted by molar-refractivity contribution is 7.89. The van der Waals surface area contributed by atoms with Crippen LogP contribution in [0.3, 0.4) is 0 Å². The first-order valence-electron chi connectivity index (χ1n) is 4.86. The third-order valence-electron chi connectivity index (χ3n) is 1.95. The molecule has 1 aromatic rings. The Balaban J connectivity index is 2.94. The zero-order valence-corrected chi connectivity index (χ0v) is 9.81. The molecule has 0 unspecified atom stereocenters. The molecular formula is C10H13NO5S. The Kier molecular flexibility index (Phi) is 4.62. The second-order valence-corrected chi connectivity index (χ2v) is 4.78. The van der Waals surface area contributed by atoms with Crippen LogP contribution in [0, 0.1) is 0 Å². The van der Waals surface area contributed by atoms with Gasteiger partial charge >= 0.3 is 5.97 Å². The van der Waals surface area contributed by atoms with Gasteiger partial charge in [-0.15, -0.1) is 0 Å². The van der Waals surface area contributed by atoms with Crippen molar-refractivity contribution in [1.82, 2.24) is 0 Å². The molecule has 0 aliphatic rings. The lowest BCUT2D eigenvalue weighted by Gasteiger charge is -2.07. The zero-order chi connectivity index (χ0) is 12.9. The van der Waals surface area contributed by atoms with E-state index in [4.69, 9.17) is 15.0 Å². The normalized spacial score (nSPS) is 11.2. The number of aliphatic hydroxyl groups is 1. The summed E-state index contributed by atoms with van der Waals surface area (Å²) in [5, 5.41) is 13.5. The number of rotatable bonds is 5. The number of nitrogens with two attached hydrogens (primary N) is 1. The van der Waals surface area contributed by atoms with Gasteiger partial charge in [0.1, 0.15) is 0 Å². The maximum Gasteiger partial charge on any atom is 0.339 e. The molecule has 1 rings (SSSR count). The Hall–Kier alpha value is -1.44. The number of esters is 1. The van der Waals surface area contributed by atoms with Crippen molar-refractivity contribution >= 4 is 16.0 Å². The van der Waals surface area contributed by atoms with Gasteiger partial charge < -0.3 is 9.84 Å². The molecule has 0 aliphatic heterocycles. The van der Waals surface area contributed by atoms with Crippen LogP contribution < -0.4 is 5.14 Å². The molecular weight excluding hydrogens is 246 g/mol. The number of benzene rings is 1. The van der Waals surface area contributed by atoms with Crippen LogP contribution in [0.1, 0.15) is 16.8 Å². The molecule has 0 radical (unpaired) electrons. The SMILES string of the molecule is NS(=O)(=O)c1ccccc1C(=O)OCCCO. The monoisotopic (exact) mass is 259 g/mol. The van der Waals surface area contributed by atoms with Crippen LogP contribution in [0.25, 0.3) is 0 Å². The largest absolute Gasteiger partial charge is 0.462 e. The summed E-state index contributed by atoms with van der Waals surface area (Å²) in [5.74, 6) is -0.775. The minimum Gasteiger partial charge on any atom is -0.462 e. The standard InChI is InChI=1S/C10H13NO5S/c11-17(14,15)9-5-2-1-4-8(9)10(13)16-7-3-6-12/h1-2,4-5,12H,3,6-7H2,(H2,11,14,15). The van der Waals surface area contributed by atoms with Crippen molar-refractivity contribution in [1.29, 1.82) is 0 Å². The summed E-state index contributed by atoms with van der Waals surface area (Å²) >= 11 is 0. The van der Waals surface area contributed by atoms with Gasteiger partial charge in [0.2, 0.25) is 10.0 Å². The summed E-state index contributed by atoms with van der Waals surface area (Å²) < 4.78 is 27.2. The lowest BCUT2D eigenvalue weighted by Crippen LogP contribution is -2.18. The zero-order valence-electron chi connectivity index (χ0n) is 9.00. The molecule has 7 heteroatoms. The van der Waals surface area contributed by atoms with Crippen molar-refractivity contribution in [2.24, 2.45) is 5.14 Å². The van der Waals surface area contributed by atoms with E-state index in [1.165, 1.54) is 24.3 Å². The van der Waals surface area contributed by atoms with Gasteiger partial charge in [0, 0.05) is 13.0 Å². The van der Waals surface area contributed by atoms with Gasteiger partial charge in [0.05, 0.1) is 17.1 Å². The van der Waals surface area contributed by atoms with E-state index in [0.29, 0.717) is 6.42 Å². The molecule has 6 nitrogen and oxygen atoms in total. The van der Waals surface area contributed by atoms with Crippen molar-refractivity contribution in [3.8, 4) is 0 Å². The molecule has 0 bridgehead atoms. The van der Waals surface area contributed by atoms with Gasteiger partial charge in [-0.3, -0.25) is 0 Å². The second kappa shape index (κ2) is 5.76. The van der Waals surface area contributed by atoms with E-state index in [1.807, 2.05) is 0 Å². The molecule has 0 aromatic heterocycles. The Morgan fingerprint density at radius 1 is 1.35 bits per heavy atom. The predicted molar refractivity (Wildman–Crippen MR) is 59.8 cm³/mol. The maximum atomic E-state index is 11.6. The van der Waals surface area contributed by atoms with E-state index in [0.717, 1.165) is 0 Å². The third-order valence-corrected chi connectivity index (χ3v) is 2.92. The van der Waals surface area contributed by atoms with Gasteiger partial charge in [-0.1, -0.05) is 12.1 Å². The average Bonchev–Trinajstić information content (AvgIpc) is 2.28. The van der Waals surface area contributed by atoms with Crippen LogP contribution >= 0.6 is 0 Å². The fourth-order valence-electron chi connectivity index (χ4n) is 1.19. The van der Waals surface area contributed by atoms with E-state index < -0.39 is 16.0 Å². The summed E-state index contributed by atoms with van der Waals surface area (Å²) in [6.07, 6.45) is 0.295. The smallest absolute Gasteiger partial charge is 0.339 e. The minimum absolute atomic E-state index is 0.0221. The summed E-state index contributed by atoms with van der Waals surface area (Å²) in [5.41, 5.74) is -0.104. The predicted octanol–water partition coefficient (Wildman–Crippen LogP) is -0.127. The van der Waals surface area contributed by atoms with E-state index in [2.05, 4.69) is 0 Å². The lowest BCUT2D eigenvalue weighted by atomic mass is 10.2. The maximum absolute atomic E-state index is 11.6. The first kappa shape index (κ1) is 13.6. The molecule has 94 valence electrons. The fraction of sp³-hybridized carbons (Fsp3) is 0.300. The van der Waals surface area contributed by atoms with Crippen LogP contribution in [-0.4, -0.2) is 32.7 Å². The molecule has 0 atom stereocenters. The lowest BCUT2D eigenvalue weighted by molar-refractivity contribution is 0.0477. The van der Waals surface area contributed by atoms with E-state index >= 15 is 0 Å². The minimum atomic E-state index is -3.96. The number of ether oxygens (including phenoxy) is 1. The van der Waals surface area contributed by atoms with Gasteiger partial charge in [0.15, 0.2) is 0 Å². The molecule has 0 amide bonds. The number of hydrogen-bond donors (Lipinski definition) is 2. The van der Waals surface area contributed by atoms with Crippen LogP contribution in [0.15, 0.2) is 29.2 Å². The first-order valence-corrected chi connectivity index (χ1v) is 6.41. The number of hydrogen-bond acceptors (Lipinski definition) is 5. The molecule has 3 N–H and O–H groups in total. The quantitative estimate of drug-likeness (QED) is 0.566. The molecule has 1 aromatic carbocycles. The Morgan fingerprint density at radius 3 is 2.59 bits per heavy atom. The third kappa shape index (κ3) is 3.81. The van der Waals surface area contributed by atoms with Crippen molar-refractivity contribution < 1.29 is 23.1 Å². The highest BCUT2D eigenvalue weighted by Crippen LogP contribution is 2.14. The number of carbonyl (C=O) groups is 1. The van der Waals surface area contributed by atoms with Gasteiger partial charge in [0.25, 0.3) is 0 Å². The molecule has 0 saturated heterocycles. The van der Waals surface area contributed by atoms with Crippen molar-refractivity contribution in [2.75, 3.05) is 13.2 Å². The summed E-state index contributed by atoms with van der Waals surface area (Å²) in [6, 6.07) is 5.53. The molecule has 17 heavy (non-hydrogen) atoms. The Labute approximate surface area is 99.1 Å². The second-order valence-electron chi connectivity index (χ2n) is 3.25. The molecule has 0 heterocycles. The van der Waals surface area contributed by atoms with Crippen molar-refractivity contribution in [3.63, 3.8) is 0 Å². The Bertz CT molecular complexity index is 497. The van der Waals surface area contributed by atoms with Crippen LogP contribution in [-0.2, 0) is 14.8 Å². The molecule has 0 saturated carbocycles. The number of carbonyl (C=O) groups excluding carboxylic acids is 1. The molecule has 0 fully saturated rings. The number of primary sulfonamides is 1. The van der Waals surface area contributed by atoms with Crippen LogP contribution in [0.4, 0.5) is 0 Å². The van der Waals surface area contributed by atoms with Crippen LogP contribution in [0.5, 0.6) is 0 Å². The van der Waals surface area contributed by atoms with E-state index in [1.54, 1.807) is 0 Å². The van der Waals surface area contributed by atoms with Crippen LogP contribution in [0.2, 0.25) is 0 Å². The van der Waals surface area contributed by atoms with Crippen molar-refractivity contribution in [3.05, 3.63) is 29.8 Å². The van der Waals surface area contributed by atoms with Gasteiger partial charge in [-0.2, -0.15) is 0 Å². The molecule has 0 spiro atoms. The number of sulfonamides is 1.